The highest BCUT2D eigenvalue weighted by Gasteiger charge is 2.35. The van der Waals surface area contributed by atoms with Gasteiger partial charge in [-0.2, -0.15) is 23.5 Å². The lowest BCUT2D eigenvalue weighted by atomic mass is 10.1. The molecular weight excluding hydrogens is 300 g/mol. The molecule has 4 nitrogen and oxygen atoms in total. The second-order valence-corrected chi connectivity index (χ2v) is 4.41. The Morgan fingerprint density at radius 1 is 1.18 bits per heavy atom. The van der Waals surface area contributed by atoms with Crippen molar-refractivity contribution in [3.63, 3.8) is 0 Å². The molecule has 0 spiro atoms. The Kier molecular flexibility index (Phi) is 3.06. The molecule has 0 aliphatic heterocycles. The van der Waals surface area contributed by atoms with E-state index in [2.05, 4.69) is 10.1 Å². The first-order valence-corrected chi connectivity index (χ1v) is 6.03. The number of benzene rings is 1. The zero-order valence-corrected chi connectivity index (χ0v) is 10.8. The minimum Gasteiger partial charge on any atom is -0.227 e. The van der Waals surface area contributed by atoms with Crippen LogP contribution in [-0.4, -0.2) is 14.6 Å². The normalized spacial score (nSPS) is 11.6. The Morgan fingerprint density at radius 2 is 1.91 bits per heavy atom. The molecule has 3 rings (SSSR count). The Labute approximate surface area is 121 Å². The van der Waals surface area contributed by atoms with E-state index >= 15 is 0 Å². The van der Waals surface area contributed by atoms with Crippen molar-refractivity contribution in [3.8, 4) is 17.3 Å². The van der Waals surface area contributed by atoms with Gasteiger partial charge in [-0.15, -0.1) is 0 Å². The zero-order chi connectivity index (χ0) is 15.9. The number of nitriles is 1. The third-order valence-electron chi connectivity index (χ3n) is 3.03. The first-order valence-electron chi connectivity index (χ1n) is 6.03. The summed E-state index contributed by atoms with van der Waals surface area (Å²) >= 11 is 0. The van der Waals surface area contributed by atoms with Crippen molar-refractivity contribution in [2.45, 2.75) is 6.18 Å². The van der Waals surface area contributed by atoms with Crippen LogP contribution in [0.2, 0.25) is 0 Å². The molecule has 0 fully saturated rings. The van der Waals surface area contributed by atoms with Crippen molar-refractivity contribution < 1.29 is 17.6 Å². The molecule has 0 N–H and O–H groups in total. The van der Waals surface area contributed by atoms with Gasteiger partial charge in [-0.05, 0) is 18.2 Å². The van der Waals surface area contributed by atoms with Gasteiger partial charge >= 0.3 is 6.18 Å². The van der Waals surface area contributed by atoms with Gasteiger partial charge in [0.2, 0.25) is 0 Å². The molecule has 0 saturated carbocycles. The van der Waals surface area contributed by atoms with Gasteiger partial charge in [-0.3, -0.25) is 0 Å². The molecule has 0 bridgehead atoms. The van der Waals surface area contributed by atoms with Crippen LogP contribution in [0.4, 0.5) is 17.6 Å². The molecule has 0 aliphatic rings. The highest BCUT2D eigenvalue weighted by molar-refractivity contribution is 5.66. The number of nitrogens with zero attached hydrogens (tertiary/aromatic N) is 4. The molecule has 3 aromatic rings. The van der Waals surface area contributed by atoms with Crippen molar-refractivity contribution in [1.82, 2.24) is 14.6 Å². The third kappa shape index (κ3) is 2.16. The van der Waals surface area contributed by atoms with Gasteiger partial charge < -0.3 is 0 Å². The van der Waals surface area contributed by atoms with E-state index in [9.17, 15) is 17.6 Å². The summed E-state index contributed by atoms with van der Waals surface area (Å²) in [4.78, 5) is 3.95. The molecule has 0 saturated heterocycles. The van der Waals surface area contributed by atoms with E-state index < -0.39 is 17.7 Å². The van der Waals surface area contributed by atoms with Crippen LogP contribution in [0.3, 0.4) is 0 Å². The summed E-state index contributed by atoms with van der Waals surface area (Å²) in [6.07, 6.45) is -3.73. The van der Waals surface area contributed by atoms with E-state index in [-0.39, 0.29) is 22.5 Å². The zero-order valence-electron chi connectivity index (χ0n) is 10.8. The fourth-order valence-corrected chi connectivity index (χ4v) is 2.05. The number of hydrogen-bond donors (Lipinski definition) is 0. The van der Waals surface area contributed by atoms with Crippen molar-refractivity contribution in [1.29, 1.82) is 5.26 Å². The minimum atomic E-state index is -4.72. The van der Waals surface area contributed by atoms with E-state index in [1.165, 1.54) is 18.2 Å². The first kappa shape index (κ1) is 14.0. The van der Waals surface area contributed by atoms with Crippen molar-refractivity contribution in [2.24, 2.45) is 0 Å². The molecule has 110 valence electrons. The summed E-state index contributed by atoms with van der Waals surface area (Å²) in [7, 11) is 0. The maximum Gasteiger partial charge on any atom is 0.433 e. The average Bonchev–Trinajstić information content (AvgIpc) is 2.88. The topological polar surface area (TPSA) is 54.0 Å². The summed E-state index contributed by atoms with van der Waals surface area (Å²) in [5.41, 5.74) is -1.81. The van der Waals surface area contributed by atoms with Crippen molar-refractivity contribution in [3.05, 3.63) is 53.6 Å². The van der Waals surface area contributed by atoms with Crippen molar-refractivity contribution >= 4 is 5.65 Å². The predicted molar refractivity (Wildman–Crippen MR) is 68.1 cm³/mol. The molecular formula is C14H6F4N4. The second-order valence-electron chi connectivity index (χ2n) is 4.41. The van der Waals surface area contributed by atoms with E-state index in [0.717, 1.165) is 12.3 Å². The number of halogens is 4. The Hall–Kier alpha value is -2.95. The van der Waals surface area contributed by atoms with Crippen LogP contribution in [0, 0.1) is 17.1 Å². The van der Waals surface area contributed by atoms with E-state index in [1.807, 2.05) is 0 Å². The molecule has 0 amide bonds. The highest BCUT2D eigenvalue weighted by Crippen LogP contribution is 2.33. The lowest BCUT2D eigenvalue weighted by molar-refractivity contribution is -0.142. The van der Waals surface area contributed by atoms with Gasteiger partial charge in [-0.25, -0.2) is 13.9 Å². The van der Waals surface area contributed by atoms with Gasteiger partial charge in [0.25, 0.3) is 0 Å². The second kappa shape index (κ2) is 4.80. The van der Waals surface area contributed by atoms with Crippen LogP contribution in [0.25, 0.3) is 16.9 Å². The summed E-state index contributed by atoms with van der Waals surface area (Å²) in [6, 6.07) is 7.76. The number of hydrogen-bond acceptors (Lipinski definition) is 3. The maximum absolute atomic E-state index is 13.8. The van der Waals surface area contributed by atoms with Gasteiger partial charge in [0.05, 0.1) is 11.9 Å². The first-order chi connectivity index (χ1) is 10.4. The summed E-state index contributed by atoms with van der Waals surface area (Å²) in [6.45, 7) is 0. The third-order valence-corrected chi connectivity index (χ3v) is 3.03. The Balaban J connectivity index is 2.38. The molecule has 0 unspecified atom stereocenters. The Bertz CT molecular complexity index is 905. The fourth-order valence-electron chi connectivity index (χ4n) is 2.05. The summed E-state index contributed by atoms with van der Waals surface area (Å²) in [5, 5.41) is 12.5. The van der Waals surface area contributed by atoms with Crippen LogP contribution in [0.15, 0.2) is 36.5 Å². The molecule has 1 aromatic carbocycles. The molecule has 2 aromatic heterocycles. The minimum absolute atomic E-state index is 0.0828. The number of rotatable bonds is 1. The smallest absolute Gasteiger partial charge is 0.227 e. The van der Waals surface area contributed by atoms with Gasteiger partial charge in [0.1, 0.15) is 17.4 Å². The molecule has 22 heavy (non-hydrogen) atoms. The van der Waals surface area contributed by atoms with E-state index in [1.54, 1.807) is 6.07 Å². The number of fused-ring (bicyclic) bond motifs is 1. The van der Waals surface area contributed by atoms with Gasteiger partial charge in [-0.1, -0.05) is 12.1 Å². The SMILES string of the molecule is N#Cc1cnn2c(C(F)(F)F)cc(-c3ccccc3F)nc12. The molecule has 8 heteroatoms. The Morgan fingerprint density at radius 3 is 2.55 bits per heavy atom. The molecule has 0 atom stereocenters. The molecule has 2 heterocycles. The summed E-state index contributed by atoms with van der Waals surface area (Å²) < 4.78 is 53.8. The lowest BCUT2D eigenvalue weighted by Crippen LogP contribution is -2.14. The average molecular weight is 306 g/mol. The summed E-state index contributed by atoms with van der Waals surface area (Å²) in [5.74, 6) is -0.703. The van der Waals surface area contributed by atoms with Crippen LogP contribution in [0.1, 0.15) is 11.3 Å². The van der Waals surface area contributed by atoms with Crippen LogP contribution >= 0.6 is 0 Å². The van der Waals surface area contributed by atoms with E-state index in [0.29, 0.717) is 10.6 Å². The largest absolute Gasteiger partial charge is 0.433 e. The monoisotopic (exact) mass is 306 g/mol. The molecule has 0 aliphatic carbocycles. The highest BCUT2D eigenvalue weighted by atomic mass is 19.4. The number of alkyl halides is 3. The fraction of sp³-hybridized carbons (Fsp3) is 0.0714. The van der Waals surface area contributed by atoms with Gasteiger partial charge in [0, 0.05) is 5.56 Å². The van der Waals surface area contributed by atoms with Crippen LogP contribution in [-0.2, 0) is 6.18 Å². The molecule has 0 radical (unpaired) electrons. The van der Waals surface area contributed by atoms with Crippen LogP contribution in [0.5, 0.6) is 0 Å². The predicted octanol–water partition coefficient (Wildman–Crippen LogP) is 3.43. The van der Waals surface area contributed by atoms with Crippen molar-refractivity contribution in [2.75, 3.05) is 0 Å². The lowest BCUT2D eigenvalue weighted by Gasteiger charge is -2.11. The number of aromatic nitrogens is 3. The standard InChI is InChI=1S/C14H6F4N4/c15-10-4-2-1-3-9(10)11-5-12(14(16,17)18)22-13(21-11)8(6-19)7-20-22/h1-5,7H. The van der Waals surface area contributed by atoms with E-state index in [4.69, 9.17) is 5.26 Å². The maximum atomic E-state index is 13.8. The van der Waals surface area contributed by atoms with Crippen LogP contribution < -0.4 is 0 Å². The van der Waals surface area contributed by atoms with Gasteiger partial charge in [0.15, 0.2) is 11.3 Å². The quantitative estimate of drug-likeness (QED) is 0.647.